The molecule has 0 amide bonds. The molecule has 1 saturated carbocycles. The number of rotatable bonds is 2. The van der Waals surface area contributed by atoms with Crippen molar-refractivity contribution in [2.45, 2.75) is 40.5 Å². The molecule has 0 spiro atoms. The topological polar surface area (TPSA) is 12.5 Å². The summed E-state index contributed by atoms with van der Waals surface area (Å²) in [6, 6.07) is 0. The molecule has 2 fully saturated rings. The van der Waals surface area contributed by atoms with Gasteiger partial charge in [0.1, 0.15) is 0 Å². The fourth-order valence-electron chi connectivity index (χ4n) is 3.19. The number of ether oxygens (including phenoxy) is 1. The summed E-state index contributed by atoms with van der Waals surface area (Å²) in [7, 11) is 0. The van der Waals surface area contributed by atoms with Crippen LogP contribution in [0.3, 0.4) is 0 Å². The van der Waals surface area contributed by atoms with Gasteiger partial charge >= 0.3 is 0 Å². The molecule has 16 heavy (non-hydrogen) atoms. The van der Waals surface area contributed by atoms with Crippen LogP contribution in [0.1, 0.15) is 40.5 Å². The van der Waals surface area contributed by atoms with Crippen molar-refractivity contribution in [3.63, 3.8) is 0 Å². The maximum atomic E-state index is 5.42. The molecule has 0 aromatic carbocycles. The van der Waals surface area contributed by atoms with E-state index in [9.17, 15) is 0 Å². The Balaban J connectivity index is 1.95. The molecule has 1 heterocycles. The lowest BCUT2D eigenvalue weighted by Gasteiger charge is -2.41. The van der Waals surface area contributed by atoms with Crippen molar-refractivity contribution in [1.29, 1.82) is 0 Å². The minimum atomic E-state index is 0.477. The summed E-state index contributed by atoms with van der Waals surface area (Å²) in [4.78, 5) is 2.59. The maximum Gasteiger partial charge on any atom is 0.0594 e. The van der Waals surface area contributed by atoms with Crippen LogP contribution in [0.15, 0.2) is 0 Å². The van der Waals surface area contributed by atoms with Gasteiger partial charge in [0.2, 0.25) is 0 Å². The highest BCUT2D eigenvalue weighted by atomic mass is 16.5. The van der Waals surface area contributed by atoms with E-state index in [2.05, 4.69) is 32.6 Å². The smallest absolute Gasteiger partial charge is 0.0594 e. The van der Waals surface area contributed by atoms with E-state index < -0.39 is 0 Å². The molecular weight excluding hydrogens is 198 g/mol. The zero-order chi connectivity index (χ0) is 11.8. The molecule has 0 aromatic rings. The highest BCUT2D eigenvalue weighted by molar-refractivity contribution is 4.98. The Morgan fingerprint density at radius 2 is 1.75 bits per heavy atom. The first-order chi connectivity index (χ1) is 7.43. The van der Waals surface area contributed by atoms with Gasteiger partial charge in [-0.2, -0.15) is 0 Å². The van der Waals surface area contributed by atoms with Gasteiger partial charge in [0.05, 0.1) is 13.2 Å². The third kappa shape index (κ3) is 2.14. The zero-order valence-electron chi connectivity index (χ0n) is 11.4. The highest BCUT2D eigenvalue weighted by Gasteiger charge is 2.48. The minimum absolute atomic E-state index is 0.477. The second-order valence-corrected chi connectivity index (χ2v) is 6.75. The molecule has 0 radical (unpaired) electrons. The SMILES string of the molecule is CC1(C)CC[C@H](CN2CCOCC2)C1(C)C. The molecule has 1 aliphatic carbocycles. The summed E-state index contributed by atoms with van der Waals surface area (Å²) < 4.78 is 5.42. The van der Waals surface area contributed by atoms with Crippen LogP contribution in [0.4, 0.5) is 0 Å². The average molecular weight is 225 g/mol. The van der Waals surface area contributed by atoms with Crippen molar-refractivity contribution in [3.05, 3.63) is 0 Å². The van der Waals surface area contributed by atoms with E-state index in [0.717, 1.165) is 32.2 Å². The van der Waals surface area contributed by atoms with E-state index in [4.69, 9.17) is 4.74 Å². The van der Waals surface area contributed by atoms with Crippen LogP contribution < -0.4 is 0 Å². The van der Waals surface area contributed by atoms with Gasteiger partial charge in [0, 0.05) is 19.6 Å². The lowest BCUT2D eigenvalue weighted by molar-refractivity contribution is 0.0123. The van der Waals surface area contributed by atoms with Gasteiger partial charge in [0.25, 0.3) is 0 Å². The number of hydrogen-bond donors (Lipinski definition) is 0. The first-order valence-corrected chi connectivity index (χ1v) is 6.73. The molecule has 1 aliphatic heterocycles. The molecule has 0 N–H and O–H groups in total. The van der Waals surface area contributed by atoms with Gasteiger partial charge in [-0.1, -0.05) is 27.7 Å². The van der Waals surface area contributed by atoms with Crippen LogP contribution in [0, 0.1) is 16.7 Å². The van der Waals surface area contributed by atoms with Gasteiger partial charge in [-0.25, -0.2) is 0 Å². The number of morpholine rings is 1. The molecule has 2 aliphatic rings. The van der Waals surface area contributed by atoms with E-state index in [1.54, 1.807) is 0 Å². The van der Waals surface area contributed by atoms with Gasteiger partial charge in [-0.3, -0.25) is 4.90 Å². The Kier molecular flexibility index (Phi) is 3.33. The van der Waals surface area contributed by atoms with Crippen LogP contribution in [0.5, 0.6) is 0 Å². The fourth-order valence-corrected chi connectivity index (χ4v) is 3.19. The van der Waals surface area contributed by atoms with Gasteiger partial charge in [0.15, 0.2) is 0 Å². The van der Waals surface area contributed by atoms with Crippen LogP contribution in [-0.4, -0.2) is 37.7 Å². The first-order valence-electron chi connectivity index (χ1n) is 6.73. The summed E-state index contributed by atoms with van der Waals surface area (Å²) in [5, 5.41) is 0. The lowest BCUT2D eigenvalue weighted by Crippen LogP contribution is -2.43. The zero-order valence-corrected chi connectivity index (χ0v) is 11.4. The summed E-state index contributed by atoms with van der Waals surface area (Å²) >= 11 is 0. The third-order valence-electron chi connectivity index (χ3n) is 5.47. The van der Waals surface area contributed by atoms with Gasteiger partial charge < -0.3 is 4.74 Å². The van der Waals surface area contributed by atoms with Crippen molar-refractivity contribution in [2.24, 2.45) is 16.7 Å². The normalized spacial score (nSPS) is 34.1. The van der Waals surface area contributed by atoms with Crippen molar-refractivity contribution in [1.82, 2.24) is 4.90 Å². The largest absolute Gasteiger partial charge is 0.379 e. The van der Waals surface area contributed by atoms with Crippen molar-refractivity contribution < 1.29 is 4.74 Å². The molecule has 1 atom stereocenters. The monoisotopic (exact) mass is 225 g/mol. The second kappa shape index (κ2) is 4.30. The molecule has 0 aromatic heterocycles. The van der Waals surface area contributed by atoms with E-state index in [0.29, 0.717) is 10.8 Å². The predicted molar refractivity (Wildman–Crippen MR) is 67.5 cm³/mol. The van der Waals surface area contributed by atoms with Crippen molar-refractivity contribution >= 4 is 0 Å². The van der Waals surface area contributed by atoms with E-state index >= 15 is 0 Å². The van der Waals surface area contributed by atoms with E-state index in [1.165, 1.54) is 19.4 Å². The van der Waals surface area contributed by atoms with Gasteiger partial charge in [-0.15, -0.1) is 0 Å². The van der Waals surface area contributed by atoms with E-state index in [1.807, 2.05) is 0 Å². The number of nitrogens with zero attached hydrogens (tertiary/aromatic N) is 1. The first kappa shape index (κ1) is 12.4. The highest BCUT2D eigenvalue weighted by Crippen LogP contribution is 2.55. The summed E-state index contributed by atoms with van der Waals surface area (Å²) in [6.07, 6.45) is 2.78. The van der Waals surface area contributed by atoms with Crippen molar-refractivity contribution in [3.8, 4) is 0 Å². The van der Waals surface area contributed by atoms with Crippen LogP contribution in [-0.2, 0) is 4.74 Å². The molecular formula is C14H27NO. The lowest BCUT2D eigenvalue weighted by atomic mass is 9.67. The summed E-state index contributed by atoms with van der Waals surface area (Å²) in [5.41, 5.74) is 0.981. The molecule has 2 heteroatoms. The molecule has 0 bridgehead atoms. The van der Waals surface area contributed by atoms with Crippen LogP contribution in [0.2, 0.25) is 0 Å². The molecule has 2 nitrogen and oxygen atoms in total. The Morgan fingerprint density at radius 3 is 2.25 bits per heavy atom. The quantitative estimate of drug-likeness (QED) is 0.716. The fraction of sp³-hybridized carbons (Fsp3) is 1.00. The molecule has 1 saturated heterocycles. The Labute approximate surface area is 100 Å². The standard InChI is InChI=1S/C14H27NO/c1-13(2)6-5-12(14(13,3)4)11-15-7-9-16-10-8-15/h12H,5-11H2,1-4H3/t12-/m1/s1. The predicted octanol–water partition coefficient (Wildman–Crippen LogP) is 2.78. The Bertz CT molecular complexity index is 241. The molecule has 0 unspecified atom stereocenters. The summed E-state index contributed by atoms with van der Waals surface area (Å²) in [6.45, 7) is 15.2. The van der Waals surface area contributed by atoms with E-state index in [-0.39, 0.29) is 0 Å². The van der Waals surface area contributed by atoms with Gasteiger partial charge in [-0.05, 0) is 29.6 Å². The number of hydrogen-bond acceptors (Lipinski definition) is 2. The molecule has 2 rings (SSSR count). The molecule has 94 valence electrons. The maximum absolute atomic E-state index is 5.42. The third-order valence-corrected chi connectivity index (χ3v) is 5.47. The summed E-state index contributed by atoms with van der Waals surface area (Å²) in [5.74, 6) is 0.862. The van der Waals surface area contributed by atoms with Crippen LogP contribution in [0.25, 0.3) is 0 Å². The minimum Gasteiger partial charge on any atom is -0.379 e. The second-order valence-electron chi connectivity index (χ2n) is 6.75. The van der Waals surface area contributed by atoms with Crippen molar-refractivity contribution in [2.75, 3.05) is 32.8 Å². The average Bonchev–Trinajstić information content (AvgIpc) is 2.43. The van der Waals surface area contributed by atoms with Crippen LogP contribution >= 0.6 is 0 Å². The Hall–Kier alpha value is -0.0800. The Morgan fingerprint density at radius 1 is 1.12 bits per heavy atom.